The molecule has 8 N–H and O–H groups in total. The van der Waals surface area contributed by atoms with E-state index in [4.69, 9.17) is 25.3 Å². The predicted octanol–water partition coefficient (Wildman–Crippen LogP) is 7.00. The number of aryl methyl sites for hydroxylation is 1. The molecule has 12 rings (SSSR count). The number of fused-ring (bicyclic) bond motifs is 4. The molecule has 2 fully saturated rings. The van der Waals surface area contributed by atoms with Crippen molar-refractivity contribution in [2.24, 2.45) is 4.40 Å². The standard InChI is InChI=1S/C21H20N2O3S.C15H11NO3S2.C12H13N5O4.C11H8O4/c1-22-8-10-23(11-9-22)21(26)20-7-6-19(27-20)15-2-4-16-14(12-15)3-5-18(25)17(16)13-24;17-14-8-7-11-4-1-2-5-12(11)13(14)10-16-21(18,19)15-6-3-9-20-15;13-1-5-2-17(11-7(5)10(14)15-4-16-11)12-9(20)8(19)6(3-18)21-12;1-6-4-10(14)15-11-7(6)2-3-9(13)8(11)5-12/h2-7,12-13,25H,8-11H2,1H3;1-10,17H;2,4,6,8-9,12,18-20H,3H2,(H2,14,15,16);2-5,13H,1H3/t;;6-,8+,9?,12-;/m..1./s1. The fourth-order valence-electron chi connectivity index (χ4n) is 9.40. The number of nitrogens with two attached hydrogens (primary N) is 1. The minimum atomic E-state index is -3.72. The number of aliphatic hydroxyl groups is 3. The van der Waals surface area contributed by atoms with Crippen LogP contribution in [0.3, 0.4) is 0 Å². The second-order valence-electron chi connectivity index (χ2n) is 19.2. The number of nitrogen functional groups attached to an aromatic ring is 1. The Hall–Kier alpha value is -9.23. The Labute approximate surface area is 486 Å². The van der Waals surface area contributed by atoms with Gasteiger partial charge >= 0.3 is 5.63 Å². The number of amides is 1. The van der Waals surface area contributed by atoms with Crippen LogP contribution >= 0.6 is 22.7 Å². The third kappa shape index (κ3) is 12.4. The van der Waals surface area contributed by atoms with Gasteiger partial charge in [-0.15, -0.1) is 22.7 Å². The van der Waals surface area contributed by atoms with Crippen LogP contribution < -0.4 is 11.4 Å². The summed E-state index contributed by atoms with van der Waals surface area (Å²) in [6.45, 7) is 4.63. The number of nitriles is 1. The number of anilines is 1. The predicted molar refractivity (Wildman–Crippen MR) is 316 cm³/mol. The highest BCUT2D eigenvalue weighted by Gasteiger charge is 2.44. The molecule has 1 amide bonds. The number of aliphatic hydroxyl groups excluding tert-OH is 3. The van der Waals surface area contributed by atoms with Crippen molar-refractivity contribution >= 4 is 107 Å². The molecule has 5 aromatic carbocycles. The number of piperazine rings is 1. The van der Waals surface area contributed by atoms with E-state index < -0.39 is 46.8 Å². The number of carbonyl (C=O) groups is 3. The zero-order valence-corrected chi connectivity index (χ0v) is 47.0. The van der Waals surface area contributed by atoms with E-state index in [1.165, 1.54) is 65.0 Å². The number of rotatable bonds is 9. The molecule has 10 aromatic rings. The molecule has 22 nitrogen and oxygen atoms in total. The number of ether oxygens (including phenoxy) is 1. The number of likely N-dealkylation sites (N-methyl/N-ethyl adjacent to an activating group) is 1. The molecule has 4 atom stereocenters. The summed E-state index contributed by atoms with van der Waals surface area (Å²) in [6, 6.07) is 33.1. The van der Waals surface area contributed by atoms with Gasteiger partial charge in [0.1, 0.15) is 63.6 Å². The molecule has 2 aliphatic heterocycles. The maximum Gasteiger partial charge on any atom is 0.336 e. The van der Waals surface area contributed by atoms with Crippen molar-refractivity contribution in [3.63, 3.8) is 0 Å². The van der Waals surface area contributed by atoms with Crippen molar-refractivity contribution < 1.29 is 62.6 Å². The largest absolute Gasteiger partial charge is 0.507 e. The molecule has 2 aliphatic rings. The molecule has 0 spiro atoms. The molecular weight excluding hydrogens is 1140 g/mol. The Morgan fingerprint density at radius 3 is 2.20 bits per heavy atom. The van der Waals surface area contributed by atoms with E-state index in [0.717, 1.165) is 74.4 Å². The zero-order chi connectivity index (χ0) is 60.0. The zero-order valence-electron chi connectivity index (χ0n) is 44.6. The number of phenols is 3. The number of thiophene rings is 2. The van der Waals surface area contributed by atoms with Gasteiger partial charge in [-0.1, -0.05) is 54.6 Å². The Kier molecular flexibility index (Phi) is 18.0. The Morgan fingerprint density at radius 1 is 0.833 bits per heavy atom. The highest BCUT2D eigenvalue weighted by Crippen LogP contribution is 2.36. The SMILES string of the molecule is CN1CCN(C(=O)c2ccc(-c3ccc4c(C=O)c(O)ccc4c3)s2)CC1.Cc1cc(=O)oc2c(C=O)c(O)ccc12.N#Cc1cn([C@@H]2O[C@H](CO)[C@H](O)C2O)c2ncnc(N)c12.O=S(=O)(N=Cc1c(O)ccc2ccccc12)c1cccs1. The van der Waals surface area contributed by atoms with Gasteiger partial charge in [-0.25, -0.2) is 14.8 Å². The van der Waals surface area contributed by atoms with E-state index >= 15 is 0 Å². The number of carbonyl (C=O) groups excluding carboxylic acids is 3. The van der Waals surface area contributed by atoms with Gasteiger partial charge in [0.25, 0.3) is 15.9 Å². The number of nitrogens with zero attached hydrogens (tertiary/aromatic N) is 7. The fraction of sp³-hybridized carbons (Fsp3) is 0.186. The maximum absolute atomic E-state index is 12.7. The van der Waals surface area contributed by atoms with Crippen molar-refractivity contribution in [1.29, 1.82) is 5.26 Å². The third-order valence-corrected chi connectivity index (χ3v) is 17.6. The minimum Gasteiger partial charge on any atom is -0.507 e. The first-order chi connectivity index (χ1) is 40.3. The van der Waals surface area contributed by atoms with E-state index in [1.807, 2.05) is 65.6 Å². The van der Waals surface area contributed by atoms with Gasteiger partial charge in [0.05, 0.1) is 39.8 Å². The van der Waals surface area contributed by atoms with Crippen molar-refractivity contribution in [2.75, 3.05) is 45.6 Å². The van der Waals surface area contributed by atoms with Gasteiger partial charge in [-0.3, -0.25) is 14.4 Å². The topological polar surface area (TPSA) is 346 Å². The maximum atomic E-state index is 12.7. The lowest BCUT2D eigenvalue weighted by Crippen LogP contribution is -2.46. The molecule has 1 unspecified atom stereocenters. The highest BCUT2D eigenvalue weighted by atomic mass is 32.2. The van der Waals surface area contributed by atoms with Crippen molar-refractivity contribution in [3.8, 4) is 33.8 Å². The Balaban J connectivity index is 0.000000137. The van der Waals surface area contributed by atoms with E-state index in [1.54, 1.807) is 36.6 Å². The van der Waals surface area contributed by atoms with Crippen LogP contribution in [0.25, 0.3) is 54.0 Å². The molecule has 7 heterocycles. The number of aldehydes is 2. The Morgan fingerprint density at radius 2 is 1.51 bits per heavy atom. The van der Waals surface area contributed by atoms with Crippen molar-refractivity contribution in [1.82, 2.24) is 24.3 Å². The second kappa shape index (κ2) is 25.5. The normalized spacial score (nSPS) is 17.0. The summed E-state index contributed by atoms with van der Waals surface area (Å²) in [7, 11) is -1.65. The highest BCUT2D eigenvalue weighted by molar-refractivity contribution is 7.92. The molecule has 2 saturated heterocycles. The molecule has 0 aliphatic carbocycles. The first-order valence-electron chi connectivity index (χ1n) is 25.5. The summed E-state index contributed by atoms with van der Waals surface area (Å²) >= 11 is 2.60. The molecular formula is C59H52N8O14S3. The van der Waals surface area contributed by atoms with E-state index in [-0.39, 0.29) is 49.9 Å². The van der Waals surface area contributed by atoms with Gasteiger partial charge in [-0.05, 0) is 101 Å². The molecule has 0 bridgehead atoms. The smallest absolute Gasteiger partial charge is 0.336 e. The average molecular weight is 1190 g/mol. The molecule has 0 radical (unpaired) electrons. The van der Waals surface area contributed by atoms with Gasteiger partial charge < -0.3 is 59.9 Å². The number of aromatic nitrogens is 3. The lowest BCUT2D eigenvalue weighted by atomic mass is 10.0. The van der Waals surface area contributed by atoms with Crippen LogP contribution in [0.4, 0.5) is 5.82 Å². The van der Waals surface area contributed by atoms with Crippen molar-refractivity contribution in [2.45, 2.75) is 35.7 Å². The van der Waals surface area contributed by atoms with Crippen LogP contribution in [0.1, 0.15) is 53.3 Å². The average Bonchev–Trinajstić information content (AvgIpc) is 3.52. The molecule has 25 heteroatoms. The van der Waals surface area contributed by atoms with Gasteiger partial charge in [-0.2, -0.15) is 18.1 Å². The van der Waals surface area contributed by atoms with E-state index in [2.05, 4.69) is 26.3 Å². The molecule has 0 saturated carbocycles. The number of aromatic hydroxyl groups is 3. The summed E-state index contributed by atoms with van der Waals surface area (Å²) in [5.74, 6) is 0.0295. The fourth-order valence-corrected chi connectivity index (χ4v) is 12.2. The third-order valence-electron chi connectivity index (χ3n) is 13.9. The van der Waals surface area contributed by atoms with Gasteiger partial charge in [0, 0.05) is 54.3 Å². The quantitative estimate of drug-likeness (QED) is 0.0434. The van der Waals surface area contributed by atoms with Crippen LogP contribution in [0, 0.1) is 18.3 Å². The minimum absolute atomic E-state index is 0.00108. The number of hydrogen-bond donors (Lipinski definition) is 7. The summed E-state index contributed by atoms with van der Waals surface area (Å²) in [5, 5.41) is 73.3. The van der Waals surface area contributed by atoms with Crippen LogP contribution in [0.5, 0.6) is 17.2 Å². The number of phenolic OH excluding ortho intramolecular Hbond substituents is 3. The lowest BCUT2D eigenvalue weighted by Gasteiger charge is -2.32. The second-order valence-corrected chi connectivity index (χ2v) is 23.1. The number of hydrogen-bond acceptors (Lipinski definition) is 21. The first kappa shape index (κ1) is 59.4. The monoisotopic (exact) mass is 1190 g/mol. The summed E-state index contributed by atoms with van der Waals surface area (Å²) in [6.07, 6.45) is 0.625. The van der Waals surface area contributed by atoms with Crippen LogP contribution in [0.2, 0.25) is 0 Å². The van der Waals surface area contributed by atoms with Crippen LogP contribution in [-0.4, -0.2) is 146 Å². The van der Waals surface area contributed by atoms with E-state index in [0.29, 0.717) is 45.7 Å². The molecule has 430 valence electrons. The Bertz CT molecular complexity index is 4360. The lowest BCUT2D eigenvalue weighted by molar-refractivity contribution is -0.0508. The number of sulfonamides is 1. The molecule has 84 heavy (non-hydrogen) atoms. The first-order valence-corrected chi connectivity index (χ1v) is 28.7. The van der Waals surface area contributed by atoms with E-state index in [9.17, 15) is 53.1 Å². The summed E-state index contributed by atoms with van der Waals surface area (Å²) in [4.78, 5) is 59.6. The van der Waals surface area contributed by atoms with Crippen LogP contribution in [0.15, 0.2) is 145 Å². The summed E-state index contributed by atoms with van der Waals surface area (Å²) < 4.78 is 39.7. The van der Waals surface area contributed by atoms with Crippen molar-refractivity contribution in [3.05, 3.63) is 170 Å². The number of benzene rings is 5. The van der Waals surface area contributed by atoms with Crippen LogP contribution in [-0.2, 0) is 14.8 Å². The summed E-state index contributed by atoms with van der Waals surface area (Å²) in [5.41, 5.74) is 8.31. The molecule has 5 aromatic heterocycles. The van der Waals surface area contributed by atoms with Gasteiger partial charge in [0.15, 0.2) is 24.4 Å². The van der Waals surface area contributed by atoms with Gasteiger partial charge in [0.2, 0.25) is 0 Å².